The number of benzene rings is 1. The fraction of sp³-hybridized carbons (Fsp3) is 0.476. The van der Waals surface area contributed by atoms with Crippen LogP contribution in [0, 0.1) is 17.5 Å². The Morgan fingerprint density at radius 2 is 1.78 bits per heavy atom. The molecule has 5 rings (SSSR count). The van der Waals surface area contributed by atoms with E-state index in [-0.39, 0.29) is 24.1 Å². The van der Waals surface area contributed by atoms with Crippen LogP contribution in [0.25, 0.3) is 11.2 Å². The first-order valence-corrected chi connectivity index (χ1v) is 10.7. The van der Waals surface area contributed by atoms with E-state index in [1.54, 1.807) is 10.8 Å². The Labute approximate surface area is 182 Å². The number of fused-ring (bicyclic) bond motifs is 1. The highest BCUT2D eigenvalue weighted by atomic mass is 19.1. The van der Waals surface area contributed by atoms with E-state index in [9.17, 15) is 13.2 Å². The fourth-order valence-corrected chi connectivity index (χ4v) is 4.34. The number of nitrogens with two attached hydrogens (primary N) is 1. The third kappa shape index (κ3) is 4.09. The van der Waals surface area contributed by atoms with E-state index in [4.69, 9.17) is 10.5 Å². The highest BCUT2D eigenvalue weighted by Gasteiger charge is 2.27. The average molecular weight is 447 g/mol. The van der Waals surface area contributed by atoms with E-state index in [0.717, 1.165) is 25.7 Å². The Morgan fingerprint density at radius 1 is 1.03 bits per heavy atom. The molecule has 1 aromatic carbocycles. The maximum atomic E-state index is 14.3. The van der Waals surface area contributed by atoms with Crippen molar-refractivity contribution in [3.63, 3.8) is 0 Å². The average Bonchev–Trinajstić information content (AvgIpc) is 3.39. The van der Waals surface area contributed by atoms with E-state index < -0.39 is 23.1 Å². The van der Waals surface area contributed by atoms with Crippen molar-refractivity contribution in [1.82, 2.24) is 19.5 Å². The first-order valence-electron chi connectivity index (χ1n) is 10.7. The van der Waals surface area contributed by atoms with E-state index in [1.165, 1.54) is 0 Å². The Balaban J connectivity index is 1.51. The van der Waals surface area contributed by atoms with Gasteiger partial charge in [-0.1, -0.05) is 0 Å². The first-order chi connectivity index (χ1) is 15.5. The summed E-state index contributed by atoms with van der Waals surface area (Å²) in [5.41, 5.74) is 6.50. The van der Waals surface area contributed by atoms with Gasteiger partial charge in [-0.3, -0.25) is 4.57 Å². The summed E-state index contributed by atoms with van der Waals surface area (Å²) in [5.74, 6) is -2.44. The minimum Gasteiger partial charge on any atom is -0.379 e. The molecule has 11 heteroatoms. The summed E-state index contributed by atoms with van der Waals surface area (Å²) < 4.78 is 49.1. The molecule has 0 amide bonds. The molecule has 1 atom stereocenters. The molecule has 1 aliphatic heterocycles. The second-order valence-electron chi connectivity index (χ2n) is 8.35. The summed E-state index contributed by atoms with van der Waals surface area (Å²) in [6.07, 6.45) is 6.04. The first kappa shape index (κ1) is 21.0. The fourth-order valence-electron chi connectivity index (χ4n) is 4.34. The van der Waals surface area contributed by atoms with Crippen LogP contribution in [0.3, 0.4) is 0 Å². The molecule has 4 N–H and O–H groups in total. The van der Waals surface area contributed by atoms with Gasteiger partial charge in [0.25, 0.3) is 0 Å². The molecule has 3 heterocycles. The summed E-state index contributed by atoms with van der Waals surface area (Å²) in [4.78, 5) is 13.5. The Morgan fingerprint density at radius 3 is 2.47 bits per heavy atom. The molecular weight excluding hydrogens is 423 g/mol. The molecule has 2 aromatic heterocycles. The molecule has 32 heavy (non-hydrogen) atoms. The molecule has 1 saturated carbocycles. The van der Waals surface area contributed by atoms with Crippen LogP contribution < -0.4 is 16.4 Å². The lowest BCUT2D eigenvalue weighted by Crippen LogP contribution is -2.33. The second kappa shape index (κ2) is 8.55. The maximum Gasteiger partial charge on any atom is 0.224 e. The minimum absolute atomic E-state index is 0.121. The highest BCUT2D eigenvalue weighted by molar-refractivity contribution is 5.76. The van der Waals surface area contributed by atoms with Crippen LogP contribution in [0.5, 0.6) is 0 Å². The molecule has 1 saturated heterocycles. The molecule has 3 aromatic rings. The van der Waals surface area contributed by atoms with Gasteiger partial charge in [-0.25, -0.2) is 23.1 Å². The Kier molecular flexibility index (Phi) is 5.60. The normalized spacial score (nSPS) is 23.6. The van der Waals surface area contributed by atoms with Crippen molar-refractivity contribution in [2.24, 2.45) is 5.73 Å². The van der Waals surface area contributed by atoms with E-state index in [0.29, 0.717) is 48.9 Å². The Hall–Kier alpha value is -2.92. The van der Waals surface area contributed by atoms with Gasteiger partial charge >= 0.3 is 0 Å². The number of hydrogen-bond acceptors (Lipinski definition) is 7. The molecular formula is C21H24F3N7O. The number of nitrogens with one attached hydrogen (secondary N) is 2. The third-order valence-electron chi connectivity index (χ3n) is 6.05. The number of aromatic nitrogens is 4. The molecule has 1 aliphatic carbocycles. The molecule has 0 radical (unpaired) electrons. The van der Waals surface area contributed by atoms with Crippen molar-refractivity contribution in [3.8, 4) is 0 Å². The Bertz CT molecular complexity index is 1100. The molecule has 170 valence electrons. The number of anilines is 3. The summed E-state index contributed by atoms with van der Waals surface area (Å²) in [7, 11) is 0. The number of rotatable bonds is 5. The predicted octanol–water partition coefficient (Wildman–Crippen LogP) is 3.63. The van der Waals surface area contributed by atoms with Crippen LogP contribution in [0.15, 0.2) is 18.3 Å². The summed E-state index contributed by atoms with van der Waals surface area (Å²) >= 11 is 0. The van der Waals surface area contributed by atoms with Crippen molar-refractivity contribution in [1.29, 1.82) is 0 Å². The van der Waals surface area contributed by atoms with Crippen LogP contribution in [-0.4, -0.2) is 44.8 Å². The number of ether oxygens (including phenoxy) is 1. The van der Waals surface area contributed by atoms with Gasteiger partial charge in [0.2, 0.25) is 11.9 Å². The van der Waals surface area contributed by atoms with E-state index in [2.05, 4.69) is 25.6 Å². The van der Waals surface area contributed by atoms with Gasteiger partial charge in [-0.2, -0.15) is 4.98 Å². The van der Waals surface area contributed by atoms with Crippen molar-refractivity contribution in [3.05, 3.63) is 35.8 Å². The number of halogens is 3. The number of nitrogens with zero attached hydrogens (tertiary/aromatic N) is 4. The molecule has 0 bridgehead atoms. The lowest BCUT2D eigenvalue weighted by molar-refractivity contribution is 0.187. The van der Waals surface area contributed by atoms with Gasteiger partial charge < -0.3 is 21.1 Å². The lowest BCUT2D eigenvalue weighted by atomic mass is 9.92. The van der Waals surface area contributed by atoms with Crippen LogP contribution in [-0.2, 0) is 4.74 Å². The SMILES string of the molecule is NC1CCC(Nc2ncc3nc(Nc4c(F)cc(F)cc4F)n([C@H]4CCOC4)c3n2)CC1. The largest absolute Gasteiger partial charge is 0.379 e. The minimum atomic E-state index is -1.05. The van der Waals surface area contributed by atoms with Crippen LogP contribution in [0.2, 0.25) is 0 Å². The third-order valence-corrected chi connectivity index (χ3v) is 6.05. The van der Waals surface area contributed by atoms with Gasteiger partial charge in [0, 0.05) is 30.8 Å². The number of hydrogen-bond donors (Lipinski definition) is 3. The molecule has 2 fully saturated rings. The van der Waals surface area contributed by atoms with Gasteiger partial charge in [0.1, 0.15) is 17.0 Å². The topological polar surface area (TPSA) is 103 Å². The van der Waals surface area contributed by atoms with Crippen molar-refractivity contribution in [2.45, 2.75) is 50.2 Å². The van der Waals surface area contributed by atoms with Gasteiger partial charge in [-0.05, 0) is 32.1 Å². The lowest BCUT2D eigenvalue weighted by Gasteiger charge is -2.26. The second-order valence-corrected chi connectivity index (χ2v) is 8.35. The standard InChI is InChI=1S/C21H24F3N7O/c22-11-7-15(23)18(16(24)8-11)29-21-28-17-9-26-20(27-13-3-1-12(25)2-4-13)30-19(17)31(21)14-5-6-32-10-14/h7-9,12-14H,1-6,10,25H2,(H,28,29)(H,26,27,30)/t12?,13?,14-/m0/s1. The van der Waals surface area contributed by atoms with Crippen molar-refractivity contribution < 1.29 is 17.9 Å². The van der Waals surface area contributed by atoms with Crippen molar-refractivity contribution >= 4 is 28.7 Å². The molecule has 8 nitrogen and oxygen atoms in total. The van der Waals surface area contributed by atoms with E-state index >= 15 is 0 Å². The van der Waals surface area contributed by atoms with E-state index in [1.807, 2.05) is 0 Å². The zero-order valence-electron chi connectivity index (χ0n) is 17.3. The maximum absolute atomic E-state index is 14.3. The van der Waals surface area contributed by atoms with Gasteiger partial charge in [0.15, 0.2) is 17.3 Å². The molecule has 0 unspecified atom stereocenters. The van der Waals surface area contributed by atoms with Crippen molar-refractivity contribution in [2.75, 3.05) is 23.8 Å². The smallest absolute Gasteiger partial charge is 0.224 e. The number of imidazole rings is 1. The zero-order valence-corrected chi connectivity index (χ0v) is 17.3. The molecule has 0 spiro atoms. The quantitative estimate of drug-likeness (QED) is 0.549. The van der Waals surface area contributed by atoms with Crippen LogP contribution in [0.1, 0.15) is 38.1 Å². The highest BCUT2D eigenvalue weighted by Crippen LogP contribution is 2.32. The predicted molar refractivity (Wildman–Crippen MR) is 113 cm³/mol. The van der Waals surface area contributed by atoms with Crippen LogP contribution in [0.4, 0.5) is 30.8 Å². The van der Waals surface area contributed by atoms with Gasteiger partial charge in [0.05, 0.1) is 18.8 Å². The molecule has 2 aliphatic rings. The summed E-state index contributed by atoms with van der Waals surface area (Å²) in [6, 6.07) is 1.59. The summed E-state index contributed by atoms with van der Waals surface area (Å²) in [5, 5.41) is 6.05. The summed E-state index contributed by atoms with van der Waals surface area (Å²) in [6.45, 7) is 0.976. The monoisotopic (exact) mass is 447 g/mol. The zero-order chi connectivity index (χ0) is 22.2. The van der Waals surface area contributed by atoms with Gasteiger partial charge in [-0.15, -0.1) is 0 Å². The van der Waals surface area contributed by atoms with Crippen LogP contribution >= 0.6 is 0 Å².